The first-order valence-corrected chi connectivity index (χ1v) is 8.63. The highest BCUT2D eigenvalue weighted by Crippen LogP contribution is 2.22. The van der Waals surface area contributed by atoms with Crippen molar-refractivity contribution < 1.29 is 13.6 Å². The van der Waals surface area contributed by atoms with Gasteiger partial charge in [0.1, 0.15) is 11.6 Å². The van der Waals surface area contributed by atoms with Gasteiger partial charge in [-0.15, -0.1) is 11.8 Å². The molecule has 0 saturated carbocycles. The molecule has 25 heavy (non-hydrogen) atoms. The minimum absolute atomic E-state index is 0.0462. The highest BCUT2D eigenvalue weighted by Gasteiger charge is 2.10. The Balaban J connectivity index is 1.62. The van der Waals surface area contributed by atoms with E-state index in [0.29, 0.717) is 5.56 Å². The number of hydrogen-bond acceptors (Lipinski definition) is 2. The van der Waals surface area contributed by atoms with Crippen molar-refractivity contribution in [1.29, 1.82) is 0 Å². The minimum Gasteiger partial charge on any atom is -0.319 e. The first-order valence-electron chi connectivity index (χ1n) is 7.65. The van der Waals surface area contributed by atoms with E-state index in [1.165, 1.54) is 11.0 Å². The monoisotopic (exact) mass is 355 g/mol. The van der Waals surface area contributed by atoms with Crippen LogP contribution in [0.2, 0.25) is 0 Å². The molecular weight excluding hydrogens is 340 g/mol. The van der Waals surface area contributed by atoms with Gasteiger partial charge in [-0.25, -0.2) is 8.78 Å². The Morgan fingerprint density at radius 3 is 2.32 bits per heavy atom. The van der Waals surface area contributed by atoms with Crippen LogP contribution in [0.25, 0.3) is 0 Å². The number of anilines is 1. The molecule has 0 aliphatic heterocycles. The van der Waals surface area contributed by atoms with Gasteiger partial charge in [0.15, 0.2) is 0 Å². The second-order valence-corrected chi connectivity index (χ2v) is 6.43. The van der Waals surface area contributed by atoms with E-state index >= 15 is 0 Å². The molecule has 1 amide bonds. The summed E-state index contributed by atoms with van der Waals surface area (Å²) in [6.45, 7) is 0. The molecule has 0 saturated heterocycles. The van der Waals surface area contributed by atoms with Crippen LogP contribution in [-0.2, 0) is 5.75 Å². The number of hydrogen-bond donors (Lipinski definition) is 1. The zero-order valence-electron chi connectivity index (χ0n) is 13.2. The van der Waals surface area contributed by atoms with E-state index < -0.39 is 17.5 Å². The van der Waals surface area contributed by atoms with Gasteiger partial charge < -0.3 is 5.32 Å². The van der Waals surface area contributed by atoms with Crippen LogP contribution >= 0.6 is 11.8 Å². The van der Waals surface area contributed by atoms with E-state index in [1.807, 2.05) is 42.5 Å². The molecular formula is C20H15F2NOS. The summed E-state index contributed by atoms with van der Waals surface area (Å²) >= 11 is 1.71. The molecule has 3 aromatic carbocycles. The first-order chi connectivity index (χ1) is 12.1. The fourth-order valence-corrected chi connectivity index (χ4v) is 3.10. The Morgan fingerprint density at radius 1 is 0.920 bits per heavy atom. The molecule has 0 aromatic heterocycles. The maximum Gasteiger partial charge on any atom is 0.255 e. The standard InChI is InChI=1S/C20H15F2NOS/c21-16-10-11-19(18(22)12-16)23-20(24)15-8-6-14(7-9-15)13-25-17-4-2-1-3-5-17/h1-12H,13H2,(H,23,24). The molecule has 0 aliphatic carbocycles. The molecule has 0 fully saturated rings. The van der Waals surface area contributed by atoms with Crippen LogP contribution in [0.1, 0.15) is 15.9 Å². The van der Waals surface area contributed by atoms with E-state index in [2.05, 4.69) is 5.32 Å². The number of benzene rings is 3. The van der Waals surface area contributed by atoms with Gasteiger partial charge in [-0.1, -0.05) is 30.3 Å². The molecule has 5 heteroatoms. The van der Waals surface area contributed by atoms with Gasteiger partial charge in [-0.2, -0.15) is 0 Å². The van der Waals surface area contributed by atoms with Crippen molar-refractivity contribution in [2.24, 2.45) is 0 Å². The number of carbonyl (C=O) groups is 1. The van der Waals surface area contributed by atoms with Crippen molar-refractivity contribution in [3.8, 4) is 0 Å². The van der Waals surface area contributed by atoms with Gasteiger partial charge in [-0.05, 0) is 42.0 Å². The fraction of sp³-hybridized carbons (Fsp3) is 0.0500. The molecule has 2 nitrogen and oxygen atoms in total. The van der Waals surface area contributed by atoms with Crippen molar-refractivity contribution in [2.75, 3.05) is 5.32 Å². The fourth-order valence-electron chi connectivity index (χ4n) is 2.22. The van der Waals surface area contributed by atoms with Crippen LogP contribution in [0.4, 0.5) is 14.5 Å². The van der Waals surface area contributed by atoms with Gasteiger partial charge >= 0.3 is 0 Å². The molecule has 1 N–H and O–H groups in total. The smallest absolute Gasteiger partial charge is 0.255 e. The van der Waals surface area contributed by atoms with Crippen LogP contribution in [0.5, 0.6) is 0 Å². The zero-order chi connectivity index (χ0) is 17.6. The van der Waals surface area contributed by atoms with Crippen LogP contribution < -0.4 is 5.32 Å². The molecule has 126 valence electrons. The third-order valence-electron chi connectivity index (χ3n) is 3.54. The summed E-state index contributed by atoms with van der Waals surface area (Å²) in [5, 5.41) is 2.45. The maximum atomic E-state index is 13.6. The number of amides is 1. The van der Waals surface area contributed by atoms with Gasteiger partial charge in [0.05, 0.1) is 5.69 Å². The minimum atomic E-state index is -0.802. The molecule has 0 unspecified atom stereocenters. The van der Waals surface area contributed by atoms with Crippen molar-refractivity contribution in [1.82, 2.24) is 0 Å². The molecule has 0 bridgehead atoms. The van der Waals surface area contributed by atoms with Crippen LogP contribution in [-0.4, -0.2) is 5.91 Å². The van der Waals surface area contributed by atoms with Crippen molar-refractivity contribution in [2.45, 2.75) is 10.6 Å². The normalized spacial score (nSPS) is 10.5. The summed E-state index contributed by atoms with van der Waals surface area (Å²) in [6.07, 6.45) is 0. The Bertz CT molecular complexity index is 867. The van der Waals surface area contributed by atoms with Gasteiger partial charge in [0.2, 0.25) is 0 Å². The van der Waals surface area contributed by atoms with Gasteiger partial charge in [0, 0.05) is 22.3 Å². The average molecular weight is 355 g/mol. The lowest BCUT2D eigenvalue weighted by Gasteiger charge is -2.07. The van der Waals surface area contributed by atoms with Crippen molar-refractivity contribution in [3.63, 3.8) is 0 Å². The number of rotatable bonds is 5. The van der Waals surface area contributed by atoms with Crippen LogP contribution in [0, 0.1) is 11.6 Å². The van der Waals surface area contributed by atoms with Crippen molar-refractivity contribution in [3.05, 3.63) is 95.6 Å². The van der Waals surface area contributed by atoms with Crippen molar-refractivity contribution >= 4 is 23.4 Å². The lowest BCUT2D eigenvalue weighted by molar-refractivity contribution is 0.102. The topological polar surface area (TPSA) is 29.1 Å². The number of carbonyl (C=O) groups excluding carboxylic acids is 1. The summed E-state index contributed by atoms with van der Waals surface area (Å²) in [5.41, 5.74) is 1.45. The van der Waals surface area contributed by atoms with Gasteiger partial charge in [0.25, 0.3) is 5.91 Å². The molecule has 0 heterocycles. The Labute approximate surface area is 148 Å². The lowest BCUT2D eigenvalue weighted by atomic mass is 10.1. The van der Waals surface area contributed by atoms with Gasteiger partial charge in [-0.3, -0.25) is 4.79 Å². The zero-order valence-corrected chi connectivity index (χ0v) is 14.0. The Hall–Kier alpha value is -2.66. The average Bonchev–Trinajstić information content (AvgIpc) is 2.63. The first kappa shape index (κ1) is 17.2. The number of halogens is 2. The third-order valence-corrected chi connectivity index (χ3v) is 4.63. The number of thioether (sulfide) groups is 1. The molecule has 0 aliphatic rings. The summed E-state index contributed by atoms with van der Waals surface area (Å²) in [6, 6.07) is 20.2. The second-order valence-electron chi connectivity index (χ2n) is 5.38. The van der Waals surface area contributed by atoms with E-state index in [4.69, 9.17) is 0 Å². The largest absolute Gasteiger partial charge is 0.319 e. The third kappa shape index (κ3) is 4.67. The lowest BCUT2D eigenvalue weighted by Crippen LogP contribution is -2.13. The molecule has 0 radical (unpaired) electrons. The Kier molecular flexibility index (Phi) is 5.46. The summed E-state index contributed by atoms with van der Waals surface area (Å²) in [4.78, 5) is 13.3. The quantitative estimate of drug-likeness (QED) is 0.612. The molecule has 0 atom stereocenters. The van der Waals surface area contributed by atoms with E-state index in [9.17, 15) is 13.6 Å². The van der Waals surface area contributed by atoms with Crippen LogP contribution in [0.15, 0.2) is 77.7 Å². The van der Waals surface area contributed by atoms with E-state index in [0.717, 1.165) is 23.4 Å². The van der Waals surface area contributed by atoms with Crippen LogP contribution in [0.3, 0.4) is 0 Å². The second kappa shape index (κ2) is 7.94. The summed E-state index contributed by atoms with van der Waals surface area (Å²) in [7, 11) is 0. The summed E-state index contributed by atoms with van der Waals surface area (Å²) in [5.74, 6) is -1.13. The predicted octanol–water partition coefficient (Wildman–Crippen LogP) is 5.51. The highest BCUT2D eigenvalue weighted by molar-refractivity contribution is 7.98. The molecule has 3 rings (SSSR count). The van der Waals surface area contributed by atoms with E-state index in [1.54, 1.807) is 23.9 Å². The number of nitrogens with one attached hydrogen (secondary N) is 1. The predicted molar refractivity (Wildman–Crippen MR) is 96.8 cm³/mol. The SMILES string of the molecule is O=C(Nc1ccc(F)cc1F)c1ccc(CSc2ccccc2)cc1. The highest BCUT2D eigenvalue weighted by atomic mass is 32.2. The maximum absolute atomic E-state index is 13.6. The molecule has 3 aromatic rings. The summed E-state index contributed by atoms with van der Waals surface area (Å²) < 4.78 is 26.5. The Morgan fingerprint density at radius 2 is 1.64 bits per heavy atom. The van der Waals surface area contributed by atoms with E-state index in [-0.39, 0.29) is 5.69 Å². The molecule has 0 spiro atoms.